The van der Waals surface area contributed by atoms with Crippen LogP contribution in [0.2, 0.25) is 5.02 Å². The number of nitrogens with zero attached hydrogens (tertiary/aromatic N) is 1. The molecular weight excluding hydrogens is 352 g/mol. The van der Waals surface area contributed by atoms with Crippen molar-refractivity contribution in [2.24, 2.45) is 5.92 Å². The quantitative estimate of drug-likeness (QED) is 0.865. The van der Waals surface area contributed by atoms with Crippen molar-refractivity contribution in [1.82, 2.24) is 0 Å². The Labute approximate surface area is 157 Å². The summed E-state index contributed by atoms with van der Waals surface area (Å²) in [7, 11) is 1.53. The van der Waals surface area contributed by atoms with E-state index < -0.39 is 5.92 Å². The van der Waals surface area contributed by atoms with E-state index in [4.69, 9.17) is 16.3 Å². The third kappa shape index (κ3) is 3.83. The van der Waals surface area contributed by atoms with Crippen molar-refractivity contribution in [2.75, 3.05) is 23.9 Å². The Bertz CT molecular complexity index is 820. The molecule has 136 valence electrons. The number of aryl methyl sites for hydroxylation is 1. The van der Waals surface area contributed by atoms with E-state index in [2.05, 4.69) is 12.2 Å². The Morgan fingerprint density at radius 1 is 1.27 bits per heavy atom. The average molecular weight is 373 g/mol. The van der Waals surface area contributed by atoms with E-state index in [1.165, 1.54) is 12.7 Å². The number of ether oxygens (including phenoxy) is 1. The molecule has 1 fully saturated rings. The minimum absolute atomic E-state index is 0.0487. The highest BCUT2D eigenvalue weighted by Crippen LogP contribution is 2.30. The minimum Gasteiger partial charge on any atom is -0.495 e. The second kappa shape index (κ2) is 7.79. The van der Waals surface area contributed by atoms with Gasteiger partial charge in [-0.15, -0.1) is 0 Å². The minimum atomic E-state index is -0.419. The molecule has 1 saturated heterocycles. The molecule has 0 aliphatic carbocycles. The molecular formula is C20H21ClN2O3. The molecule has 0 unspecified atom stereocenters. The summed E-state index contributed by atoms with van der Waals surface area (Å²) in [4.78, 5) is 26.7. The lowest BCUT2D eigenvalue weighted by molar-refractivity contribution is -0.122. The summed E-state index contributed by atoms with van der Waals surface area (Å²) in [6.07, 6.45) is 1.13. The number of anilines is 2. The van der Waals surface area contributed by atoms with Crippen LogP contribution in [-0.2, 0) is 16.0 Å². The zero-order chi connectivity index (χ0) is 18.7. The first kappa shape index (κ1) is 18.3. The summed E-state index contributed by atoms with van der Waals surface area (Å²) in [5.41, 5.74) is 2.54. The van der Waals surface area contributed by atoms with E-state index in [0.717, 1.165) is 12.1 Å². The smallest absolute Gasteiger partial charge is 0.229 e. The summed E-state index contributed by atoms with van der Waals surface area (Å²) < 4.78 is 5.25. The molecule has 0 saturated carbocycles. The molecule has 1 N–H and O–H groups in total. The lowest BCUT2D eigenvalue weighted by atomic mass is 10.1. The second-order valence-electron chi connectivity index (χ2n) is 6.26. The molecule has 26 heavy (non-hydrogen) atoms. The fourth-order valence-electron chi connectivity index (χ4n) is 3.06. The predicted octanol–water partition coefficient (Wildman–Crippen LogP) is 3.90. The molecule has 1 heterocycles. The Hall–Kier alpha value is -2.53. The summed E-state index contributed by atoms with van der Waals surface area (Å²) >= 11 is 6.00. The van der Waals surface area contributed by atoms with Gasteiger partial charge in [0.2, 0.25) is 11.8 Å². The molecule has 6 heteroatoms. The molecule has 0 aromatic heterocycles. The summed E-state index contributed by atoms with van der Waals surface area (Å²) in [5, 5.41) is 3.33. The van der Waals surface area contributed by atoms with Crippen LogP contribution in [0.25, 0.3) is 0 Å². The normalized spacial score (nSPS) is 16.7. The zero-order valence-electron chi connectivity index (χ0n) is 14.8. The monoisotopic (exact) mass is 372 g/mol. The number of amides is 2. The van der Waals surface area contributed by atoms with Crippen LogP contribution < -0.4 is 15.0 Å². The maximum atomic E-state index is 12.6. The van der Waals surface area contributed by atoms with Crippen LogP contribution in [0.1, 0.15) is 18.9 Å². The van der Waals surface area contributed by atoms with Crippen LogP contribution in [0.15, 0.2) is 42.5 Å². The highest BCUT2D eigenvalue weighted by Gasteiger charge is 2.35. The Morgan fingerprint density at radius 2 is 2.00 bits per heavy atom. The van der Waals surface area contributed by atoms with Crippen LogP contribution in [0.3, 0.4) is 0 Å². The topological polar surface area (TPSA) is 58.6 Å². The maximum Gasteiger partial charge on any atom is 0.229 e. The van der Waals surface area contributed by atoms with Crippen LogP contribution >= 0.6 is 11.6 Å². The lowest BCUT2D eigenvalue weighted by Gasteiger charge is -2.17. The predicted molar refractivity (Wildman–Crippen MR) is 103 cm³/mol. The fourth-order valence-corrected chi connectivity index (χ4v) is 3.23. The molecule has 1 atom stereocenters. The molecule has 0 radical (unpaired) electrons. The van der Waals surface area contributed by atoms with Gasteiger partial charge >= 0.3 is 0 Å². The van der Waals surface area contributed by atoms with Crippen molar-refractivity contribution in [1.29, 1.82) is 0 Å². The van der Waals surface area contributed by atoms with Gasteiger partial charge in [-0.2, -0.15) is 0 Å². The van der Waals surface area contributed by atoms with Gasteiger partial charge in [-0.05, 0) is 42.3 Å². The fraction of sp³-hybridized carbons (Fsp3) is 0.300. The van der Waals surface area contributed by atoms with Crippen molar-refractivity contribution in [3.8, 4) is 5.75 Å². The lowest BCUT2D eigenvalue weighted by Crippen LogP contribution is -2.28. The number of halogens is 1. The Balaban J connectivity index is 1.71. The van der Waals surface area contributed by atoms with E-state index in [0.29, 0.717) is 23.0 Å². The first-order valence-corrected chi connectivity index (χ1v) is 8.93. The molecule has 3 rings (SSSR count). The highest BCUT2D eigenvalue weighted by molar-refractivity contribution is 6.31. The molecule has 2 aromatic carbocycles. The van der Waals surface area contributed by atoms with E-state index in [-0.39, 0.29) is 18.2 Å². The molecule has 1 aliphatic heterocycles. The number of benzene rings is 2. The van der Waals surface area contributed by atoms with Gasteiger partial charge < -0.3 is 15.0 Å². The van der Waals surface area contributed by atoms with E-state index in [9.17, 15) is 9.59 Å². The van der Waals surface area contributed by atoms with Gasteiger partial charge in [0.15, 0.2) is 0 Å². The van der Waals surface area contributed by atoms with Crippen LogP contribution in [0.5, 0.6) is 5.75 Å². The largest absolute Gasteiger partial charge is 0.495 e. The number of carbonyl (C=O) groups excluding carboxylic acids is 2. The first-order chi connectivity index (χ1) is 12.5. The number of hydrogen-bond donors (Lipinski definition) is 1. The number of carbonyl (C=O) groups is 2. The molecule has 2 aromatic rings. The standard InChI is InChI=1S/C20H21ClN2O3/c1-3-13-4-7-16(8-5-13)23-12-14(10-19(23)24)20(25)22-17-11-15(21)6-9-18(17)26-2/h4-9,11,14H,3,10,12H2,1-2H3,(H,22,25)/t14-/m1/s1. The third-order valence-corrected chi connectivity index (χ3v) is 4.81. The van der Waals surface area contributed by atoms with Gasteiger partial charge in [-0.1, -0.05) is 30.7 Å². The number of hydrogen-bond acceptors (Lipinski definition) is 3. The molecule has 2 amide bonds. The molecule has 5 nitrogen and oxygen atoms in total. The molecule has 0 bridgehead atoms. The third-order valence-electron chi connectivity index (χ3n) is 4.57. The van der Waals surface area contributed by atoms with Crippen LogP contribution in [-0.4, -0.2) is 25.5 Å². The van der Waals surface area contributed by atoms with Gasteiger partial charge in [0, 0.05) is 23.7 Å². The number of nitrogens with one attached hydrogen (secondary N) is 1. The van der Waals surface area contributed by atoms with Crippen molar-refractivity contribution in [3.63, 3.8) is 0 Å². The van der Waals surface area contributed by atoms with Gasteiger partial charge in [-0.25, -0.2) is 0 Å². The van der Waals surface area contributed by atoms with Gasteiger partial charge in [0.05, 0.1) is 18.7 Å². The average Bonchev–Trinajstić information content (AvgIpc) is 3.04. The first-order valence-electron chi connectivity index (χ1n) is 8.55. The summed E-state index contributed by atoms with van der Waals surface area (Å²) in [6.45, 7) is 2.44. The van der Waals surface area contributed by atoms with Crippen molar-refractivity contribution in [3.05, 3.63) is 53.1 Å². The van der Waals surface area contributed by atoms with Gasteiger partial charge in [0.25, 0.3) is 0 Å². The maximum absolute atomic E-state index is 12.6. The van der Waals surface area contributed by atoms with Crippen molar-refractivity contribution in [2.45, 2.75) is 19.8 Å². The van der Waals surface area contributed by atoms with Crippen molar-refractivity contribution < 1.29 is 14.3 Å². The summed E-state index contributed by atoms with van der Waals surface area (Å²) in [6, 6.07) is 12.9. The molecule has 1 aliphatic rings. The highest BCUT2D eigenvalue weighted by atomic mass is 35.5. The van der Waals surface area contributed by atoms with Crippen molar-refractivity contribution >= 4 is 34.8 Å². The van der Waals surface area contributed by atoms with Gasteiger partial charge in [0.1, 0.15) is 5.75 Å². The Morgan fingerprint density at radius 3 is 2.65 bits per heavy atom. The molecule has 0 spiro atoms. The number of rotatable bonds is 5. The second-order valence-corrected chi connectivity index (χ2v) is 6.70. The number of methoxy groups -OCH3 is 1. The van der Waals surface area contributed by atoms with Crippen LogP contribution in [0.4, 0.5) is 11.4 Å². The van der Waals surface area contributed by atoms with Gasteiger partial charge in [-0.3, -0.25) is 9.59 Å². The van der Waals surface area contributed by atoms with Crippen LogP contribution in [0, 0.1) is 5.92 Å². The summed E-state index contributed by atoms with van der Waals surface area (Å²) in [5.74, 6) is -0.157. The van der Waals surface area contributed by atoms with E-state index in [1.54, 1.807) is 23.1 Å². The SMILES string of the molecule is CCc1ccc(N2C[C@H](C(=O)Nc3cc(Cl)ccc3OC)CC2=O)cc1. The van der Waals surface area contributed by atoms with E-state index in [1.807, 2.05) is 24.3 Å². The zero-order valence-corrected chi connectivity index (χ0v) is 15.5. The van der Waals surface area contributed by atoms with E-state index >= 15 is 0 Å². The Kier molecular flexibility index (Phi) is 5.47.